The molecule has 0 aromatic heterocycles. The lowest BCUT2D eigenvalue weighted by Gasteiger charge is -2.32. The molecule has 7 heteroatoms. The van der Waals surface area contributed by atoms with E-state index in [1.165, 1.54) is 7.11 Å². The van der Waals surface area contributed by atoms with Crippen LogP contribution >= 0.6 is 11.6 Å². The Morgan fingerprint density at radius 3 is 2.44 bits per heavy atom. The summed E-state index contributed by atoms with van der Waals surface area (Å²) in [4.78, 5) is 40.6. The van der Waals surface area contributed by atoms with Crippen LogP contribution in [-0.2, 0) is 4.79 Å². The van der Waals surface area contributed by atoms with Crippen LogP contribution in [0, 0.1) is 5.92 Å². The third-order valence-electron chi connectivity index (χ3n) is 5.91. The number of ether oxygens (including phenoxy) is 1. The summed E-state index contributed by atoms with van der Waals surface area (Å²) < 4.78 is 5.20. The zero-order chi connectivity index (χ0) is 24.1. The fraction of sp³-hybridized carbons (Fsp3) is 0.222. The molecule has 174 valence electrons. The molecule has 3 aromatic carbocycles. The van der Waals surface area contributed by atoms with E-state index in [-0.39, 0.29) is 23.5 Å². The number of nitrogens with zero attached hydrogens (tertiary/aromatic N) is 1. The van der Waals surface area contributed by atoms with Crippen molar-refractivity contribution in [2.45, 2.75) is 12.8 Å². The van der Waals surface area contributed by atoms with Crippen LogP contribution in [0.4, 0.5) is 5.69 Å². The minimum absolute atomic E-state index is 0.135. The van der Waals surface area contributed by atoms with Gasteiger partial charge < -0.3 is 15.0 Å². The number of rotatable bonds is 6. The Bertz CT molecular complexity index is 1210. The number of hydrogen-bond donors (Lipinski definition) is 1. The van der Waals surface area contributed by atoms with Crippen LogP contribution in [0.15, 0.2) is 72.8 Å². The average Bonchev–Trinajstić information content (AvgIpc) is 2.89. The number of amides is 2. The van der Waals surface area contributed by atoms with Crippen molar-refractivity contribution in [3.63, 3.8) is 0 Å². The van der Waals surface area contributed by atoms with Gasteiger partial charge in [0.2, 0.25) is 5.91 Å². The average molecular weight is 477 g/mol. The van der Waals surface area contributed by atoms with Crippen LogP contribution in [0.1, 0.15) is 39.1 Å². The Morgan fingerprint density at radius 2 is 1.68 bits per heavy atom. The SMILES string of the molecule is COc1cc(NC(=O)C2CCCN(C(=O)c3cccc(C(=O)c4ccccc4)c3)C2)ccc1Cl. The molecule has 0 saturated carbocycles. The molecule has 1 atom stereocenters. The molecule has 1 unspecified atom stereocenters. The highest BCUT2D eigenvalue weighted by molar-refractivity contribution is 6.32. The highest BCUT2D eigenvalue weighted by Gasteiger charge is 2.29. The number of piperidine rings is 1. The van der Waals surface area contributed by atoms with E-state index in [1.807, 2.05) is 6.07 Å². The van der Waals surface area contributed by atoms with Gasteiger partial charge in [0.05, 0.1) is 18.1 Å². The van der Waals surface area contributed by atoms with E-state index in [1.54, 1.807) is 71.6 Å². The highest BCUT2D eigenvalue weighted by atomic mass is 35.5. The number of halogens is 1. The van der Waals surface area contributed by atoms with Gasteiger partial charge in [-0.3, -0.25) is 14.4 Å². The van der Waals surface area contributed by atoms with Gasteiger partial charge in [0.15, 0.2) is 5.78 Å². The number of likely N-dealkylation sites (tertiary alicyclic amines) is 1. The van der Waals surface area contributed by atoms with Crippen LogP contribution in [0.2, 0.25) is 5.02 Å². The lowest BCUT2D eigenvalue weighted by atomic mass is 9.95. The summed E-state index contributed by atoms with van der Waals surface area (Å²) in [5.74, 6) is -0.342. The molecular formula is C27H25ClN2O4. The van der Waals surface area contributed by atoms with E-state index in [0.717, 1.165) is 6.42 Å². The second kappa shape index (κ2) is 10.5. The summed E-state index contributed by atoms with van der Waals surface area (Å²) in [5, 5.41) is 3.36. The summed E-state index contributed by atoms with van der Waals surface area (Å²) in [7, 11) is 1.51. The van der Waals surface area contributed by atoms with E-state index in [9.17, 15) is 14.4 Å². The molecule has 6 nitrogen and oxygen atoms in total. The highest BCUT2D eigenvalue weighted by Crippen LogP contribution is 2.28. The molecule has 34 heavy (non-hydrogen) atoms. The Hall–Kier alpha value is -3.64. The maximum atomic E-state index is 13.2. The van der Waals surface area contributed by atoms with Crippen molar-refractivity contribution in [3.8, 4) is 5.75 Å². The van der Waals surface area contributed by atoms with Gasteiger partial charge in [0.1, 0.15) is 5.75 Å². The Balaban J connectivity index is 1.44. The van der Waals surface area contributed by atoms with E-state index in [0.29, 0.717) is 52.7 Å². The number of ketones is 1. The van der Waals surface area contributed by atoms with Crippen molar-refractivity contribution in [2.24, 2.45) is 5.92 Å². The molecular weight excluding hydrogens is 452 g/mol. The maximum Gasteiger partial charge on any atom is 0.253 e. The van der Waals surface area contributed by atoms with Crippen molar-refractivity contribution in [3.05, 3.63) is 94.5 Å². The smallest absolute Gasteiger partial charge is 0.253 e. The molecule has 1 aliphatic heterocycles. The Kier molecular flexibility index (Phi) is 7.28. The Labute approximate surface area is 203 Å². The molecule has 1 N–H and O–H groups in total. The lowest BCUT2D eigenvalue weighted by Crippen LogP contribution is -2.43. The quantitative estimate of drug-likeness (QED) is 0.504. The van der Waals surface area contributed by atoms with Crippen molar-refractivity contribution in [2.75, 3.05) is 25.5 Å². The molecule has 0 aliphatic carbocycles. The fourth-order valence-electron chi connectivity index (χ4n) is 4.09. The minimum Gasteiger partial charge on any atom is -0.495 e. The van der Waals surface area contributed by atoms with Crippen molar-refractivity contribution in [1.82, 2.24) is 4.90 Å². The molecule has 0 bridgehead atoms. The summed E-state index contributed by atoms with van der Waals surface area (Å²) in [6, 6.07) is 20.8. The van der Waals surface area contributed by atoms with Gasteiger partial charge in [-0.15, -0.1) is 0 Å². The molecule has 0 radical (unpaired) electrons. The van der Waals surface area contributed by atoms with Crippen molar-refractivity contribution < 1.29 is 19.1 Å². The first-order valence-corrected chi connectivity index (χ1v) is 11.5. The number of carbonyl (C=O) groups is 3. The van der Waals surface area contributed by atoms with E-state index < -0.39 is 0 Å². The summed E-state index contributed by atoms with van der Waals surface area (Å²) in [6.07, 6.45) is 1.41. The molecule has 1 heterocycles. The predicted octanol–water partition coefficient (Wildman–Crippen LogP) is 5.07. The van der Waals surface area contributed by atoms with Gasteiger partial charge in [-0.1, -0.05) is 54.1 Å². The molecule has 3 aromatic rings. The minimum atomic E-state index is -0.339. The standard InChI is InChI=1S/C27H25ClN2O4/c1-34-24-16-22(12-13-23(24)28)29-26(32)21-11-6-14-30(17-21)27(33)20-10-5-9-19(15-20)25(31)18-7-3-2-4-8-18/h2-5,7-10,12-13,15-16,21H,6,11,14,17H2,1H3,(H,29,32). The first-order chi connectivity index (χ1) is 16.5. The van der Waals surface area contributed by atoms with Crippen molar-refractivity contribution >= 4 is 34.9 Å². The Morgan fingerprint density at radius 1 is 0.941 bits per heavy atom. The van der Waals surface area contributed by atoms with Crippen LogP contribution in [0.5, 0.6) is 5.75 Å². The van der Waals surface area contributed by atoms with Gasteiger partial charge in [-0.05, 0) is 37.1 Å². The third-order valence-corrected chi connectivity index (χ3v) is 6.22. The van der Waals surface area contributed by atoms with Crippen LogP contribution in [0.25, 0.3) is 0 Å². The first kappa shape index (κ1) is 23.5. The second-order valence-corrected chi connectivity index (χ2v) is 8.61. The van der Waals surface area contributed by atoms with E-state index in [4.69, 9.17) is 16.3 Å². The monoisotopic (exact) mass is 476 g/mol. The van der Waals surface area contributed by atoms with Gasteiger partial charge in [-0.25, -0.2) is 0 Å². The normalized spacial score (nSPS) is 15.5. The molecule has 4 rings (SSSR count). The van der Waals surface area contributed by atoms with Crippen LogP contribution in [-0.4, -0.2) is 42.7 Å². The first-order valence-electron chi connectivity index (χ1n) is 11.1. The number of nitrogens with one attached hydrogen (secondary N) is 1. The third kappa shape index (κ3) is 5.29. The second-order valence-electron chi connectivity index (χ2n) is 8.20. The molecule has 1 fully saturated rings. The van der Waals surface area contributed by atoms with E-state index in [2.05, 4.69) is 5.32 Å². The van der Waals surface area contributed by atoms with Gasteiger partial charge >= 0.3 is 0 Å². The van der Waals surface area contributed by atoms with Gasteiger partial charge in [-0.2, -0.15) is 0 Å². The molecule has 1 saturated heterocycles. The summed E-state index contributed by atoms with van der Waals surface area (Å²) >= 11 is 6.06. The maximum absolute atomic E-state index is 13.2. The molecule has 2 amide bonds. The molecule has 0 spiro atoms. The fourth-order valence-corrected chi connectivity index (χ4v) is 4.28. The number of methoxy groups -OCH3 is 1. The van der Waals surface area contributed by atoms with Crippen LogP contribution in [0.3, 0.4) is 0 Å². The zero-order valence-electron chi connectivity index (χ0n) is 18.8. The number of hydrogen-bond acceptors (Lipinski definition) is 4. The molecule has 1 aliphatic rings. The van der Waals surface area contributed by atoms with Crippen molar-refractivity contribution in [1.29, 1.82) is 0 Å². The van der Waals surface area contributed by atoms with Crippen LogP contribution < -0.4 is 10.1 Å². The zero-order valence-corrected chi connectivity index (χ0v) is 19.5. The van der Waals surface area contributed by atoms with E-state index >= 15 is 0 Å². The summed E-state index contributed by atoms with van der Waals surface area (Å²) in [6.45, 7) is 0.875. The number of benzene rings is 3. The predicted molar refractivity (Wildman–Crippen MR) is 132 cm³/mol. The topological polar surface area (TPSA) is 75.7 Å². The number of anilines is 1. The largest absolute Gasteiger partial charge is 0.495 e. The summed E-state index contributed by atoms with van der Waals surface area (Å²) in [5.41, 5.74) is 2.05. The van der Waals surface area contributed by atoms with Gasteiger partial charge in [0, 0.05) is 41.5 Å². The van der Waals surface area contributed by atoms with Gasteiger partial charge in [0.25, 0.3) is 5.91 Å². The number of carbonyl (C=O) groups excluding carboxylic acids is 3. The lowest BCUT2D eigenvalue weighted by molar-refractivity contribution is -0.121.